The maximum Gasteiger partial charge on any atom is 0.418 e. The van der Waals surface area contributed by atoms with Gasteiger partial charge in [-0.05, 0) is 35.9 Å². The Morgan fingerprint density at radius 2 is 1.97 bits per heavy atom. The molecule has 0 unspecified atom stereocenters. The van der Waals surface area contributed by atoms with E-state index in [1.165, 1.54) is 7.11 Å². The summed E-state index contributed by atoms with van der Waals surface area (Å²) in [5, 5.41) is 6.53. The fourth-order valence-electron chi connectivity index (χ4n) is 2.43. The first-order valence-electron chi connectivity index (χ1n) is 8.74. The van der Waals surface area contributed by atoms with E-state index in [1.54, 1.807) is 0 Å². The SMILES string of the molecule is CON=C(OCC(=O)OC)C(Cl)=Cc1cc(-n2ncc(C(F)(F)F)c(C)c2=O)c(F)cc1Cl. The highest BCUT2D eigenvalue weighted by molar-refractivity contribution is 6.44. The van der Waals surface area contributed by atoms with Gasteiger partial charge in [0.15, 0.2) is 12.4 Å². The topological polar surface area (TPSA) is 92.0 Å². The first-order chi connectivity index (χ1) is 15.4. The van der Waals surface area contributed by atoms with Gasteiger partial charge in [0.25, 0.3) is 11.5 Å². The van der Waals surface area contributed by atoms with Crippen LogP contribution in [0.1, 0.15) is 16.7 Å². The van der Waals surface area contributed by atoms with Crippen molar-refractivity contribution in [3.63, 3.8) is 0 Å². The number of halogens is 6. The molecule has 33 heavy (non-hydrogen) atoms. The van der Waals surface area contributed by atoms with Gasteiger partial charge in [0, 0.05) is 5.56 Å². The first kappa shape index (κ1) is 26.1. The predicted octanol–water partition coefficient (Wildman–Crippen LogP) is 4.08. The Hall–Kier alpha value is -3.12. The highest BCUT2D eigenvalue weighted by atomic mass is 35.5. The lowest BCUT2D eigenvalue weighted by Crippen LogP contribution is -2.28. The third-order valence-electron chi connectivity index (χ3n) is 4.03. The molecule has 1 heterocycles. The van der Waals surface area contributed by atoms with E-state index in [-0.39, 0.29) is 21.5 Å². The van der Waals surface area contributed by atoms with Gasteiger partial charge in [0.05, 0.1) is 23.9 Å². The summed E-state index contributed by atoms with van der Waals surface area (Å²) in [6, 6.07) is 1.85. The van der Waals surface area contributed by atoms with Crippen molar-refractivity contribution in [3.05, 3.63) is 61.2 Å². The van der Waals surface area contributed by atoms with Crippen molar-refractivity contribution in [1.82, 2.24) is 9.78 Å². The summed E-state index contributed by atoms with van der Waals surface area (Å²) in [4.78, 5) is 28.3. The van der Waals surface area contributed by atoms with Gasteiger partial charge in [-0.3, -0.25) is 4.79 Å². The average molecular weight is 512 g/mol. The second-order valence-corrected chi connectivity index (χ2v) is 6.97. The molecule has 0 aliphatic heterocycles. The van der Waals surface area contributed by atoms with E-state index in [0.29, 0.717) is 10.9 Å². The Balaban J connectivity index is 2.55. The molecule has 14 heteroatoms. The summed E-state index contributed by atoms with van der Waals surface area (Å²) in [7, 11) is 2.31. The quantitative estimate of drug-likeness (QED) is 0.191. The van der Waals surface area contributed by atoms with Crippen molar-refractivity contribution in [2.24, 2.45) is 5.16 Å². The minimum atomic E-state index is -4.81. The number of methoxy groups -OCH3 is 1. The number of benzene rings is 1. The molecule has 0 aliphatic carbocycles. The molecule has 0 N–H and O–H groups in total. The van der Waals surface area contributed by atoms with Crippen LogP contribution in [0.4, 0.5) is 17.6 Å². The summed E-state index contributed by atoms with van der Waals surface area (Å²) < 4.78 is 63.6. The van der Waals surface area contributed by atoms with Crippen LogP contribution >= 0.6 is 23.2 Å². The van der Waals surface area contributed by atoms with E-state index >= 15 is 0 Å². The van der Waals surface area contributed by atoms with Gasteiger partial charge >= 0.3 is 12.1 Å². The van der Waals surface area contributed by atoms with E-state index in [0.717, 1.165) is 32.2 Å². The molecule has 178 valence electrons. The van der Waals surface area contributed by atoms with E-state index in [1.807, 2.05) is 0 Å². The Bertz CT molecular complexity index is 1180. The zero-order valence-electron chi connectivity index (χ0n) is 17.2. The molecule has 0 aliphatic rings. The smallest absolute Gasteiger partial charge is 0.418 e. The monoisotopic (exact) mass is 511 g/mol. The molecule has 2 rings (SSSR count). The summed E-state index contributed by atoms with van der Waals surface area (Å²) in [5.74, 6) is -2.13. The van der Waals surface area contributed by atoms with Crippen LogP contribution in [0.2, 0.25) is 5.02 Å². The molecule has 1 aromatic heterocycles. The molecular formula is C19H15Cl2F4N3O5. The number of ether oxygens (including phenoxy) is 2. The number of esters is 1. The van der Waals surface area contributed by atoms with Crippen LogP contribution < -0.4 is 5.56 Å². The summed E-state index contributed by atoms with van der Waals surface area (Å²) in [6.07, 6.45) is -3.25. The molecule has 0 atom stereocenters. The van der Waals surface area contributed by atoms with E-state index in [2.05, 4.69) is 19.8 Å². The normalized spacial score (nSPS) is 12.5. The van der Waals surface area contributed by atoms with Gasteiger partial charge in [-0.2, -0.15) is 23.0 Å². The Kier molecular flexibility index (Phi) is 8.45. The Labute approximate surface area is 193 Å². The third kappa shape index (κ3) is 6.23. The van der Waals surface area contributed by atoms with Crippen molar-refractivity contribution in [2.45, 2.75) is 13.1 Å². The summed E-state index contributed by atoms with van der Waals surface area (Å²) >= 11 is 12.2. The lowest BCUT2D eigenvalue weighted by Gasteiger charge is -2.13. The van der Waals surface area contributed by atoms with Gasteiger partial charge in [-0.25, -0.2) is 9.18 Å². The number of alkyl halides is 3. The Morgan fingerprint density at radius 1 is 1.30 bits per heavy atom. The fourth-order valence-corrected chi connectivity index (χ4v) is 2.84. The van der Waals surface area contributed by atoms with E-state index in [4.69, 9.17) is 27.9 Å². The van der Waals surface area contributed by atoms with Crippen LogP contribution in [0.5, 0.6) is 0 Å². The molecule has 8 nitrogen and oxygen atoms in total. The maximum absolute atomic E-state index is 14.5. The van der Waals surface area contributed by atoms with Crippen LogP contribution in [0.15, 0.2) is 33.3 Å². The minimum absolute atomic E-state index is 0.0230. The molecule has 0 spiro atoms. The predicted molar refractivity (Wildman–Crippen MR) is 111 cm³/mol. The van der Waals surface area contributed by atoms with Crippen LogP contribution in [0.25, 0.3) is 11.8 Å². The van der Waals surface area contributed by atoms with Gasteiger partial charge in [0.2, 0.25) is 0 Å². The lowest BCUT2D eigenvalue weighted by molar-refractivity contribution is -0.143. The fraction of sp³-hybridized carbons (Fsp3) is 0.263. The number of rotatable bonds is 6. The van der Waals surface area contributed by atoms with Crippen molar-refractivity contribution >= 4 is 41.1 Å². The minimum Gasteiger partial charge on any atom is -0.466 e. The molecule has 0 amide bonds. The van der Waals surface area contributed by atoms with Crippen molar-refractivity contribution < 1.29 is 36.7 Å². The molecule has 0 saturated heterocycles. The number of carbonyl (C=O) groups excluding carboxylic acids is 1. The number of hydrogen-bond donors (Lipinski definition) is 0. The zero-order valence-corrected chi connectivity index (χ0v) is 18.7. The molecule has 0 bridgehead atoms. The van der Waals surface area contributed by atoms with E-state index in [9.17, 15) is 27.2 Å². The number of oxime groups is 1. The van der Waals surface area contributed by atoms with Crippen LogP contribution in [0, 0.1) is 12.7 Å². The molecule has 0 fully saturated rings. The van der Waals surface area contributed by atoms with Gasteiger partial charge in [-0.1, -0.05) is 23.2 Å². The molecule has 1 aromatic carbocycles. The standard InChI is InChI=1S/C19H15Cl2F4N3O5/c1-9-11(19(23,24)25)7-26-28(18(9)30)15-5-10(12(20)6-14(15)22)4-13(21)17(27-32-3)33-8-16(29)31-2/h4-7H,8H2,1-3H3. The molecule has 0 saturated carbocycles. The summed E-state index contributed by atoms with van der Waals surface area (Å²) in [6.45, 7) is 0.385. The second-order valence-electron chi connectivity index (χ2n) is 6.16. The zero-order chi connectivity index (χ0) is 24.9. The highest BCUT2D eigenvalue weighted by Crippen LogP contribution is 2.30. The molecule has 2 aromatic rings. The van der Waals surface area contributed by atoms with E-state index < -0.39 is 46.9 Å². The van der Waals surface area contributed by atoms with Crippen LogP contribution in [-0.4, -0.2) is 42.5 Å². The van der Waals surface area contributed by atoms with Crippen molar-refractivity contribution in [2.75, 3.05) is 20.8 Å². The second kappa shape index (κ2) is 10.7. The molecule has 0 radical (unpaired) electrons. The third-order valence-corrected chi connectivity index (χ3v) is 4.63. The highest BCUT2D eigenvalue weighted by Gasteiger charge is 2.34. The summed E-state index contributed by atoms with van der Waals surface area (Å²) in [5.41, 5.74) is -3.57. The van der Waals surface area contributed by atoms with Crippen molar-refractivity contribution in [3.8, 4) is 5.69 Å². The molecular weight excluding hydrogens is 497 g/mol. The number of hydrogen-bond acceptors (Lipinski definition) is 7. The Morgan fingerprint density at radius 3 is 2.55 bits per heavy atom. The lowest BCUT2D eigenvalue weighted by atomic mass is 10.1. The van der Waals surface area contributed by atoms with Gasteiger partial charge < -0.3 is 14.3 Å². The number of carbonyl (C=O) groups is 1. The van der Waals surface area contributed by atoms with Crippen LogP contribution in [0.3, 0.4) is 0 Å². The van der Waals surface area contributed by atoms with Crippen molar-refractivity contribution in [1.29, 1.82) is 0 Å². The number of nitrogens with zero attached hydrogens (tertiary/aromatic N) is 3. The number of aromatic nitrogens is 2. The maximum atomic E-state index is 14.5. The van der Waals surface area contributed by atoms with Crippen LogP contribution in [-0.2, 0) is 25.3 Å². The van der Waals surface area contributed by atoms with Gasteiger partial charge in [0.1, 0.15) is 17.8 Å². The first-order valence-corrected chi connectivity index (χ1v) is 9.50. The average Bonchev–Trinajstić information content (AvgIpc) is 2.73. The van der Waals surface area contributed by atoms with Gasteiger partial charge in [-0.15, -0.1) is 0 Å². The largest absolute Gasteiger partial charge is 0.466 e.